The van der Waals surface area contributed by atoms with Gasteiger partial charge in [-0.05, 0) is 34.8 Å². The van der Waals surface area contributed by atoms with Gasteiger partial charge in [0.05, 0.1) is 0 Å². The largest absolute Gasteiger partial charge is 0.369 e. The summed E-state index contributed by atoms with van der Waals surface area (Å²) < 4.78 is 27.9. The Morgan fingerprint density at radius 1 is 1.20 bits per heavy atom. The summed E-state index contributed by atoms with van der Waals surface area (Å²) in [6, 6.07) is 1.58. The van der Waals surface area contributed by atoms with Gasteiger partial charge in [-0.15, -0.1) is 0 Å². The van der Waals surface area contributed by atoms with Crippen LogP contribution in [-0.4, -0.2) is 26.5 Å². The first-order valence-corrected chi connectivity index (χ1v) is 9.18. The molecule has 0 amide bonds. The van der Waals surface area contributed by atoms with Crippen molar-refractivity contribution in [2.45, 2.75) is 44.4 Å². The van der Waals surface area contributed by atoms with E-state index in [0.29, 0.717) is 23.4 Å². The summed E-state index contributed by atoms with van der Waals surface area (Å²) in [5.41, 5.74) is 0. The van der Waals surface area contributed by atoms with E-state index in [2.05, 4.69) is 37.9 Å². The normalized spacial score (nSPS) is 11.6. The average Bonchev–Trinajstić information content (AvgIpc) is 2.42. The SMILES string of the molecule is CCCCCNS(=O)(=O)c1cc(Br)cnc1NCCC. The fraction of sp³-hybridized carbons (Fsp3) is 0.615. The third-order valence-electron chi connectivity index (χ3n) is 2.72. The number of nitrogens with one attached hydrogen (secondary N) is 2. The van der Waals surface area contributed by atoms with Gasteiger partial charge in [0.2, 0.25) is 10.0 Å². The molecule has 0 saturated carbocycles. The fourth-order valence-corrected chi connectivity index (χ4v) is 3.37. The molecule has 0 radical (unpaired) electrons. The molecule has 0 spiro atoms. The molecule has 0 aromatic carbocycles. The lowest BCUT2D eigenvalue weighted by Crippen LogP contribution is -2.26. The fourth-order valence-electron chi connectivity index (χ4n) is 1.66. The topological polar surface area (TPSA) is 71.1 Å². The lowest BCUT2D eigenvalue weighted by molar-refractivity contribution is 0.576. The molecule has 0 unspecified atom stereocenters. The lowest BCUT2D eigenvalue weighted by Gasteiger charge is -2.12. The van der Waals surface area contributed by atoms with Gasteiger partial charge in [0.1, 0.15) is 10.7 Å². The number of anilines is 1. The number of pyridine rings is 1. The van der Waals surface area contributed by atoms with Crippen LogP contribution in [0.25, 0.3) is 0 Å². The van der Waals surface area contributed by atoms with Crippen molar-refractivity contribution in [2.24, 2.45) is 0 Å². The second kappa shape index (κ2) is 8.59. The van der Waals surface area contributed by atoms with Gasteiger partial charge in [-0.2, -0.15) is 0 Å². The van der Waals surface area contributed by atoms with Crippen LogP contribution in [0.4, 0.5) is 5.82 Å². The molecule has 114 valence electrons. The first kappa shape index (κ1) is 17.4. The van der Waals surface area contributed by atoms with Gasteiger partial charge in [-0.3, -0.25) is 0 Å². The van der Waals surface area contributed by atoms with Gasteiger partial charge in [-0.1, -0.05) is 26.7 Å². The Kier molecular flexibility index (Phi) is 7.47. The maximum atomic E-state index is 12.3. The molecule has 5 nitrogen and oxygen atoms in total. The zero-order chi connectivity index (χ0) is 15.0. The molecule has 1 heterocycles. The first-order valence-electron chi connectivity index (χ1n) is 6.90. The molecular weight excluding hydrogens is 342 g/mol. The molecule has 7 heteroatoms. The van der Waals surface area contributed by atoms with E-state index in [0.717, 1.165) is 25.7 Å². The van der Waals surface area contributed by atoms with Crippen molar-refractivity contribution in [3.8, 4) is 0 Å². The highest BCUT2D eigenvalue weighted by atomic mass is 79.9. The Labute approximate surface area is 129 Å². The van der Waals surface area contributed by atoms with Crippen LogP contribution in [0.3, 0.4) is 0 Å². The molecule has 1 aromatic rings. The van der Waals surface area contributed by atoms with E-state index in [1.165, 1.54) is 0 Å². The Balaban J connectivity index is 2.88. The van der Waals surface area contributed by atoms with Crippen LogP contribution in [-0.2, 0) is 10.0 Å². The van der Waals surface area contributed by atoms with Crippen molar-refractivity contribution >= 4 is 31.8 Å². The van der Waals surface area contributed by atoms with Gasteiger partial charge in [0.15, 0.2) is 0 Å². The van der Waals surface area contributed by atoms with Crippen molar-refractivity contribution < 1.29 is 8.42 Å². The molecule has 0 aliphatic heterocycles. The Morgan fingerprint density at radius 2 is 1.95 bits per heavy atom. The van der Waals surface area contributed by atoms with Crippen molar-refractivity contribution in [3.05, 3.63) is 16.7 Å². The second-order valence-corrected chi connectivity index (χ2v) is 7.18. The number of nitrogens with zero attached hydrogens (tertiary/aromatic N) is 1. The molecule has 1 aromatic heterocycles. The minimum absolute atomic E-state index is 0.192. The monoisotopic (exact) mass is 363 g/mol. The van der Waals surface area contributed by atoms with Crippen LogP contribution in [0.15, 0.2) is 21.6 Å². The van der Waals surface area contributed by atoms with Crippen LogP contribution in [0.1, 0.15) is 39.5 Å². The number of hydrogen-bond donors (Lipinski definition) is 2. The molecule has 0 bridgehead atoms. The zero-order valence-electron chi connectivity index (χ0n) is 11.9. The minimum atomic E-state index is -3.53. The third kappa shape index (κ3) is 5.38. The molecular formula is C13H22BrN3O2S. The summed E-state index contributed by atoms with van der Waals surface area (Å²) in [4.78, 5) is 4.34. The predicted octanol–water partition coefficient (Wildman–Crippen LogP) is 3.13. The summed E-state index contributed by atoms with van der Waals surface area (Å²) in [6.45, 7) is 5.24. The van der Waals surface area contributed by atoms with E-state index in [-0.39, 0.29) is 4.90 Å². The second-order valence-electron chi connectivity index (χ2n) is 4.53. The van der Waals surface area contributed by atoms with E-state index in [1.807, 2.05) is 6.92 Å². The number of hydrogen-bond acceptors (Lipinski definition) is 4. The van der Waals surface area contributed by atoms with E-state index in [1.54, 1.807) is 12.3 Å². The van der Waals surface area contributed by atoms with Gasteiger partial charge in [-0.25, -0.2) is 18.1 Å². The van der Waals surface area contributed by atoms with Gasteiger partial charge in [0, 0.05) is 23.8 Å². The average molecular weight is 364 g/mol. The standard InChI is InChI=1S/C13H22BrN3O2S/c1-3-5-6-8-17-20(18,19)12-9-11(14)10-16-13(12)15-7-4-2/h9-10,17H,3-8H2,1-2H3,(H,15,16). The lowest BCUT2D eigenvalue weighted by atomic mass is 10.3. The van der Waals surface area contributed by atoms with Crippen molar-refractivity contribution in [1.82, 2.24) is 9.71 Å². The zero-order valence-corrected chi connectivity index (χ0v) is 14.3. The van der Waals surface area contributed by atoms with E-state index in [9.17, 15) is 8.42 Å². The van der Waals surface area contributed by atoms with Crippen molar-refractivity contribution in [3.63, 3.8) is 0 Å². The maximum absolute atomic E-state index is 12.3. The van der Waals surface area contributed by atoms with E-state index < -0.39 is 10.0 Å². The molecule has 20 heavy (non-hydrogen) atoms. The van der Waals surface area contributed by atoms with Crippen LogP contribution in [0.5, 0.6) is 0 Å². The maximum Gasteiger partial charge on any atom is 0.244 e. The number of aromatic nitrogens is 1. The molecule has 1 rings (SSSR count). The van der Waals surface area contributed by atoms with Gasteiger partial charge >= 0.3 is 0 Å². The third-order valence-corrected chi connectivity index (χ3v) is 4.63. The summed E-state index contributed by atoms with van der Waals surface area (Å²) in [5, 5.41) is 3.05. The highest BCUT2D eigenvalue weighted by Crippen LogP contribution is 2.22. The molecule has 0 atom stereocenters. The quantitative estimate of drug-likeness (QED) is 0.661. The number of halogens is 1. The molecule has 2 N–H and O–H groups in total. The van der Waals surface area contributed by atoms with Gasteiger partial charge in [0.25, 0.3) is 0 Å². The predicted molar refractivity (Wildman–Crippen MR) is 85.4 cm³/mol. The van der Waals surface area contributed by atoms with Crippen molar-refractivity contribution in [1.29, 1.82) is 0 Å². The number of unbranched alkanes of at least 4 members (excludes halogenated alkanes) is 2. The van der Waals surface area contributed by atoms with Crippen LogP contribution in [0, 0.1) is 0 Å². The highest BCUT2D eigenvalue weighted by Gasteiger charge is 2.19. The van der Waals surface area contributed by atoms with E-state index in [4.69, 9.17) is 0 Å². The van der Waals surface area contributed by atoms with Gasteiger partial charge < -0.3 is 5.32 Å². The first-order chi connectivity index (χ1) is 9.51. The summed E-state index contributed by atoms with van der Waals surface area (Å²) in [5.74, 6) is 0.401. The molecule has 0 saturated heterocycles. The van der Waals surface area contributed by atoms with Crippen molar-refractivity contribution in [2.75, 3.05) is 18.4 Å². The molecule has 0 fully saturated rings. The van der Waals surface area contributed by atoms with Crippen LogP contribution in [0.2, 0.25) is 0 Å². The minimum Gasteiger partial charge on any atom is -0.369 e. The van der Waals surface area contributed by atoms with E-state index >= 15 is 0 Å². The highest BCUT2D eigenvalue weighted by molar-refractivity contribution is 9.10. The Bertz CT molecular complexity index is 520. The Morgan fingerprint density at radius 3 is 2.60 bits per heavy atom. The number of sulfonamides is 1. The van der Waals surface area contributed by atoms with Crippen LogP contribution < -0.4 is 10.0 Å². The van der Waals surface area contributed by atoms with Crippen LogP contribution >= 0.6 is 15.9 Å². The summed E-state index contributed by atoms with van der Waals surface area (Å²) >= 11 is 3.27. The Hall–Kier alpha value is -0.660. The molecule has 0 aliphatic carbocycles. The summed E-state index contributed by atoms with van der Waals surface area (Å²) in [6.07, 6.45) is 5.41. The number of rotatable bonds is 9. The smallest absolute Gasteiger partial charge is 0.244 e. The summed E-state index contributed by atoms with van der Waals surface area (Å²) in [7, 11) is -3.53. The molecule has 0 aliphatic rings.